The Morgan fingerprint density at radius 1 is 1.00 bits per heavy atom. The molecule has 2 nitrogen and oxygen atoms in total. The van der Waals surface area contributed by atoms with Crippen LogP contribution in [-0.4, -0.2) is 7.11 Å². The van der Waals surface area contributed by atoms with Gasteiger partial charge in [-0.1, -0.05) is 53.5 Å². The molecule has 0 aliphatic heterocycles. The average Bonchev–Trinajstić information content (AvgIpc) is 2.39. The Hall–Kier alpha value is -1.22. The quantitative estimate of drug-likeness (QED) is 0.756. The van der Waals surface area contributed by atoms with Crippen molar-refractivity contribution in [2.75, 3.05) is 7.11 Å². The van der Waals surface area contributed by atoms with Crippen LogP contribution in [0.4, 0.5) is 0 Å². The van der Waals surface area contributed by atoms with Crippen LogP contribution in [0.25, 0.3) is 0 Å². The first kappa shape index (κ1) is 13.2. The van der Waals surface area contributed by atoms with E-state index in [-0.39, 0.29) is 0 Å². The van der Waals surface area contributed by atoms with Crippen LogP contribution in [0.3, 0.4) is 0 Å². The lowest BCUT2D eigenvalue weighted by atomic mass is 10.2. The van der Waals surface area contributed by atoms with Crippen LogP contribution in [-0.2, 0) is 4.74 Å². The largest absolute Gasteiger partial charge is 0.459 e. The monoisotopic (exact) mass is 282 g/mol. The lowest BCUT2D eigenvalue weighted by molar-refractivity contribution is -0.0561. The first-order chi connectivity index (χ1) is 8.70. The Kier molecular flexibility index (Phi) is 4.48. The first-order valence-electron chi connectivity index (χ1n) is 5.40. The molecule has 0 saturated carbocycles. The van der Waals surface area contributed by atoms with Gasteiger partial charge in [-0.15, -0.1) is 0 Å². The van der Waals surface area contributed by atoms with Gasteiger partial charge in [-0.2, -0.15) is 0 Å². The predicted octanol–water partition coefficient (Wildman–Crippen LogP) is 4.72. The molecule has 0 spiro atoms. The number of hydrogen-bond acceptors (Lipinski definition) is 2. The molecular formula is C14H12Cl2O2. The second-order valence-corrected chi connectivity index (χ2v) is 4.51. The maximum absolute atomic E-state index is 6.05. The minimum Gasteiger partial charge on any atom is -0.459 e. The van der Waals surface area contributed by atoms with Crippen molar-refractivity contribution in [3.63, 3.8) is 0 Å². The fraction of sp³-hybridized carbons (Fsp3) is 0.143. The Balaban J connectivity index is 2.21. The van der Waals surface area contributed by atoms with E-state index < -0.39 is 6.29 Å². The molecule has 0 amide bonds. The topological polar surface area (TPSA) is 18.5 Å². The summed E-state index contributed by atoms with van der Waals surface area (Å²) in [6.07, 6.45) is -0.495. The Bertz CT molecular complexity index is 514. The number of halogens is 2. The highest BCUT2D eigenvalue weighted by molar-refractivity contribution is 6.35. The van der Waals surface area contributed by atoms with Gasteiger partial charge >= 0.3 is 0 Å². The van der Waals surface area contributed by atoms with Gasteiger partial charge in [-0.25, -0.2) is 0 Å². The summed E-state index contributed by atoms with van der Waals surface area (Å²) in [6, 6.07) is 14.7. The van der Waals surface area contributed by atoms with Crippen molar-refractivity contribution in [2.24, 2.45) is 0 Å². The fourth-order valence-corrected chi connectivity index (χ4v) is 2.00. The maximum Gasteiger partial charge on any atom is 0.226 e. The third kappa shape index (κ3) is 3.16. The van der Waals surface area contributed by atoms with E-state index >= 15 is 0 Å². The first-order valence-corrected chi connectivity index (χ1v) is 6.16. The van der Waals surface area contributed by atoms with Crippen molar-refractivity contribution in [1.29, 1.82) is 0 Å². The van der Waals surface area contributed by atoms with E-state index in [2.05, 4.69) is 0 Å². The molecule has 0 aliphatic rings. The molecule has 2 aromatic carbocycles. The number of rotatable bonds is 4. The Morgan fingerprint density at radius 3 is 2.33 bits per heavy atom. The summed E-state index contributed by atoms with van der Waals surface area (Å²) in [7, 11) is 1.58. The zero-order valence-electron chi connectivity index (χ0n) is 9.77. The van der Waals surface area contributed by atoms with E-state index in [4.69, 9.17) is 32.7 Å². The van der Waals surface area contributed by atoms with Gasteiger partial charge in [-0.3, -0.25) is 0 Å². The molecule has 0 heterocycles. The fourth-order valence-electron chi connectivity index (χ4n) is 1.55. The third-order valence-corrected chi connectivity index (χ3v) is 2.94. The zero-order valence-corrected chi connectivity index (χ0v) is 11.3. The van der Waals surface area contributed by atoms with Crippen molar-refractivity contribution < 1.29 is 9.47 Å². The summed E-state index contributed by atoms with van der Waals surface area (Å²) in [5.74, 6) is 0.539. The van der Waals surface area contributed by atoms with Crippen LogP contribution in [0.2, 0.25) is 10.0 Å². The minimum atomic E-state index is -0.495. The number of hydrogen-bond donors (Lipinski definition) is 0. The smallest absolute Gasteiger partial charge is 0.226 e. The van der Waals surface area contributed by atoms with Crippen molar-refractivity contribution in [3.05, 3.63) is 64.1 Å². The van der Waals surface area contributed by atoms with Gasteiger partial charge < -0.3 is 9.47 Å². The molecule has 1 unspecified atom stereocenters. The van der Waals surface area contributed by atoms with Gasteiger partial charge in [0.2, 0.25) is 6.29 Å². The molecule has 2 rings (SSSR count). The summed E-state index contributed by atoms with van der Waals surface area (Å²) in [5.41, 5.74) is 0.922. The van der Waals surface area contributed by atoms with Crippen molar-refractivity contribution >= 4 is 23.2 Å². The average molecular weight is 283 g/mol. The lowest BCUT2D eigenvalue weighted by Crippen LogP contribution is -2.09. The molecule has 4 heteroatoms. The molecule has 0 saturated heterocycles. The summed E-state index contributed by atoms with van der Waals surface area (Å²) in [5, 5.41) is 1.03. The van der Waals surface area contributed by atoms with E-state index in [0.29, 0.717) is 15.8 Å². The van der Waals surface area contributed by atoms with E-state index in [1.165, 1.54) is 0 Å². The highest BCUT2D eigenvalue weighted by Gasteiger charge is 2.13. The van der Waals surface area contributed by atoms with Crippen LogP contribution >= 0.6 is 23.2 Å². The zero-order chi connectivity index (χ0) is 13.0. The molecule has 0 bridgehead atoms. The summed E-state index contributed by atoms with van der Waals surface area (Å²) in [6.45, 7) is 0. The lowest BCUT2D eigenvalue weighted by Gasteiger charge is -2.18. The van der Waals surface area contributed by atoms with Gasteiger partial charge in [0.05, 0.1) is 5.02 Å². The van der Waals surface area contributed by atoms with Gasteiger partial charge in [0, 0.05) is 17.7 Å². The normalized spacial score (nSPS) is 12.2. The van der Waals surface area contributed by atoms with Crippen molar-refractivity contribution in [3.8, 4) is 5.75 Å². The van der Waals surface area contributed by atoms with E-state index in [1.807, 2.05) is 30.3 Å². The van der Waals surface area contributed by atoms with E-state index in [0.717, 1.165) is 5.56 Å². The van der Waals surface area contributed by atoms with Crippen molar-refractivity contribution in [1.82, 2.24) is 0 Å². The molecule has 1 atom stereocenters. The number of methoxy groups -OCH3 is 1. The van der Waals surface area contributed by atoms with E-state index in [9.17, 15) is 0 Å². The van der Waals surface area contributed by atoms with Crippen molar-refractivity contribution in [2.45, 2.75) is 6.29 Å². The van der Waals surface area contributed by atoms with Gasteiger partial charge in [0.25, 0.3) is 0 Å². The second-order valence-electron chi connectivity index (χ2n) is 3.67. The standard InChI is InChI=1S/C14H12Cl2O2/c1-17-14(10-5-3-2-4-6-10)18-13-8-7-11(15)9-12(13)16/h2-9,14H,1H3. The molecule has 0 aromatic heterocycles. The molecular weight excluding hydrogens is 271 g/mol. The third-order valence-electron chi connectivity index (χ3n) is 2.41. The predicted molar refractivity (Wildman–Crippen MR) is 73.3 cm³/mol. The molecule has 2 aromatic rings. The van der Waals surface area contributed by atoms with Gasteiger partial charge in [0.1, 0.15) is 5.75 Å². The maximum atomic E-state index is 6.05. The molecule has 0 aliphatic carbocycles. The molecule has 94 valence electrons. The molecule has 0 fully saturated rings. The van der Waals surface area contributed by atoms with Crippen LogP contribution in [0.1, 0.15) is 11.9 Å². The van der Waals surface area contributed by atoms with Crippen LogP contribution in [0.5, 0.6) is 5.75 Å². The summed E-state index contributed by atoms with van der Waals surface area (Å²) in [4.78, 5) is 0. The summed E-state index contributed by atoms with van der Waals surface area (Å²) < 4.78 is 11.0. The van der Waals surface area contributed by atoms with Crippen LogP contribution in [0.15, 0.2) is 48.5 Å². The minimum absolute atomic E-state index is 0.459. The highest BCUT2D eigenvalue weighted by Crippen LogP contribution is 2.31. The highest BCUT2D eigenvalue weighted by atomic mass is 35.5. The van der Waals surface area contributed by atoms with Crippen LogP contribution < -0.4 is 4.74 Å². The van der Waals surface area contributed by atoms with E-state index in [1.54, 1.807) is 25.3 Å². The summed E-state index contributed by atoms with van der Waals surface area (Å²) >= 11 is 11.9. The Morgan fingerprint density at radius 2 is 1.72 bits per heavy atom. The number of benzene rings is 2. The number of ether oxygens (including phenoxy) is 2. The Labute approximate surface area is 116 Å². The van der Waals surface area contributed by atoms with Gasteiger partial charge in [0.15, 0.2) is 0 Å². The second kappa shape index (κ2) is 6.10. The molecule has 0 N–H and O–H groups in total. The molecule has 0 radical (unpaired) electrons. The van der Waals surface area contributed by atoms with Crippen LogP contribution in [0, 0.1) is 0 Å². The molecule has 18 heavy (non-hydrogen) atoms. The van der Waals surface area contributed by atoms with Gasteiger partial charge in [-0.05, 0) is 18.2 Å². The SMILES string of the molecule is COC(Oc1ccc(Cl)cc1Cl)c1ccccc1.